The molecule has 0 unspecified atom stereocenters. The van der Waals surface area contributed by atoms with Crippen LogP contribution in [0.2, 0.25) is 0 Å². The van der Waals surface area contributed by atoms with Gasteiger partial charge in [-0.15, -0.1) is 0 Å². The molecule has 1 aliphatic rings. The minimum Gasteiger partial charge on any atom is -0.494 e. The Hall–Kier alpha value is -2.37. The van der Waals surface area contributed by atoms with Gasteiger partial charge in [0.25, 0.3) is 0 Å². The SMILES string of the molecule is CCCOc1ccc(CC(=O)N2CCc3oncc3C2)c(F)c1. The van der Waals surface area contributed by atoms with Crippen LogP contribution in [0.15, 0.2) is 28.9 Å². The van der Waals surface area contributed by atoms with E-state index in [0.717, 1.165) is 17.7 Å². The van der Waals surface area contributed by atoms with Gasteiger partial charge in [-0.2, -0.15) is 0 Å². The van der Waals surface area contributed by atoms with Crippen molar-refractivity contribution in [2.75, 3.05) is 13.2 Å². The maximum absolute atomic E-state index is 14.1. The molecule has 5 nitrogen and oxygen atoms in total. The Labute approximate surface area is 134 Å². The Morgan fingerprint density at radius 2 is 2.35 bits per heavy atom. The first-order chi connectivity index (χ1) is 11.2. The number of carbonyl (C=O) groups excluding carboxylic acids is 1. The van der Waals surface area contributed by atoms with Crippen molar-refractivity contribution < 1.29 is 18.4 Å². The summed E-state index contributed by atoms with van der Waals surface area (Å²) in [5.74, 6) is 0.817. The van der Waals surface area contributed by atoms with Crippen LogP contribution < -0.4 is 4.74 Å². The average molecular weight is 318 g/mol. The van der Waals surface area contributed by atoms with Gasteiger partial charge in [0.15, 0.2) is 0 Å². The zero-order chi connectivity index (χ0) is 16.2. The zero-order valence-corrected chi connectivity index (χ0v) is 13.0. The molecule has 3 rings (SSSR count). The summed E-state index contributed by atoms with van der Waals surface area (Å²) >= 11 is 0. The Kier molecular flexibility index (Phi) is 4.60. The molecule has 1 amide bonds. The Balaban J connectivity index is 1.64. The van der Waals surface area contributed by atoms with E-state index >= 15 is 0 Å². The lowest BCUT2D eigenvalue weighted by molar-refractivity contribution is -0.131. The van der Waals surface area contributed by atoms with Crippen molar-refractivity contribution in [1.29, 1.82) is 0 Å². The van der Waals surface area contributed by atoms with Crippen LogP contribution in [0.5, 0.6) is 5.75 Å². The minimum absolute atomic E-state index is 0.0422. The van der Waals surface area contributed by atoms with Crippen molar-refractivity contribution in [2.45, 2.75) is 32.7 Å². The molecule has 0 atom stereocenters. The number of benzene rings is 1. The molecule has 0 radical (unpaired) electrons. The second kappa shape index (κ2) is 6.81. The number of carbonyl (C=O) groups is 1. The molecule has 1 aliphatic heterocycles. The van der Waals surface area contributed by atoms with E-state index in [1.165, 1.54) is 6.07 Å². The lowest BCUT2D eigenvalue weighted by atomic mass is 10.1. The first kappa shape index (κ1) is 15.5. The number of hydrogen-bond donors (Lipinski definition) is 0. The highest BCUT2D eigenvalue weighted by Gasteiger charge is 2.24. The number of halogens is 1. The summed E-state index contributed by atoms with van der Waals surface area (Å²) in [7, 11) is 0. The molecule has 122 valence electrons. The quantitative estimate of drug-likeness (QED) is 0.850. The van der Waals surface area contributed by atoms with Crippen LogP contribution in [0.1, 0.15) is 30.2 Å². The largest absolute Gasteiger partial charge is 0.494 e. The van der Waals surface area contributed by atoms with Crippen LogP contribution in [0.3, 0.4) is 0 Å². The van der Waals surface area contributed by atoms with E-state index in [1.807, 2.05) is 6.92 Å². The van der Waals surface area contributed by atoms with Gasteiger partial charge in [-0.3, -0.25) is 4.79 Å². The number of rotatable bonds is 5. The molecular weight excluding hydrogens is 299 g/mol. The highest BCUT2D eigenvalue weighted by atomic mass is 19.1. The van der Waals surface area contributed by atoms with E-state index in [1.54, 1.807) is 23.2 Å². The molecule has 6 heteroatoms. The molecule has 0 aliphatic carbocycles. The molecule has 2 heterocycles. The number of hydrogen-bond acceptors (Lipinski definition) is 4. The van der Waals surface area contributed by atoms with Gasteiger partial charge in [-0.05, 0) is 18.1 Å². The molecular formula is C17H19FN2O3. The van der Waals surface area contributed by atoms with Gasteiger partial charge in [-0.25, -0.2) is 4.39 Å². The first-order valence-electron chi connectivity index (χ1n) is 7.78. The van der Waals surface area contributed by atoms with Gasteiger partial charge in [0.1, 0.15) is 17.3 Å². The summed E-state index contributed by atoms with van der Waals surface area (Å²) in [6, 6.07) is 4.66. The van der Waals surface area contributed by atoms with Crippen molar-refractivity contribution in [3.05, 3.63) is 47.1 Å². The van der Waals surface area contributed by atoms with Gasteiger partial charge in [-0.1, -0.05) is 18.1 Å². The van der Waals surface area contributed by atoms with E-state index < -0.39 is 5.82 Å². The first-order valence-corrected chi connectivity index (χ1v) is 7.78. The third-order valence-corrected chi connectivity index (χ3v) is 3.89. The summed E-state index contributed by atoms with van der Waals surface area (Å²) < 4.78 is 24.6. The third-order valence-electron chi connectivity index (χ3n) is 3.89. The van der Waals surface area contributed by atoms with E-state index in [4.69, 9.17) is 9.26 Å². The molecule has 0 N–H and O–H groups in total. The predicted octanol–water partition coefficient (Wildman–Crippen LogP) is 2.73. The molecule has 1 aromatic carbocycles. The Morgan fingerprint density at radius 1 is 1.48 bits per heavy atom. The van der Waals surface area contributed by atoms with Crippen molar-refractivity contribution >= 4 is 5.91 Å². The van der Waals surface area contributed by atoms with E-state index in [0.29, 0.717) is 37.4 Å². The number of fused-ring (bicyclic) bond motifs is 1. The van der Waals surface area contributed by atoms with Crippen molar-refractivity contribution in [1.82, 2.24) is 10.1 Å². The maximum Gasteiger partial charge on any atom is 0.227 e. The second-order valence-electron chi connectivity index (χ2n) is 5.62. The fraction of sp³-hybridized carbons (Fsp3) is 0.412. The van der Waals surface area contributed by atoms with Crippen molar-refractivity contribution in [2.24, 2.45) is 0 Å². The highest BCUT2D eigenvalue weighted by molar-refractivity contribution is 5.79. The van der Waals surface area contributed by atoms with E-state index in [9.17, 15) is 9.18 Å². The van der Waals surface area contributed by atoms with Crippen LogP contribution in [0, 0.1) is 5.82 Å². The monoisotopic (exact) mass is 318 g/mol. The second-order valence-corrected chi connectivity index (χ2v) is 5.62. The highest BCUT2D eigenvalue weighted by Crippen LogP contribution is 2.21. The number of amides is 1. The van der Waals surface area contributed by atoms with Crippen LogP contribution in [0.25, 0.3) is 0 Å². The maximum atomic E-state index is 14.1. The van der Waals surface area contributed by atoms with Gasteiger partial charge in [0, 0.05) is 24.6 Å². The molecule has 0 fully saturated rings. The average Bonchev–Trinajstić information content (AvgIpc) is 3.02. The standard InChI is InChI=1S/C17H19FN2O3/c1-2-7-22-14-4-3-12(15(18)9-14)8-17(21)20-6-5-16-13(11-20)10-19-23-16/h3-4,9-10H,2,5-8,11H2,1H3. The summed E-state index contributed by atoms with van der Waals surface area (Å²) in [5.41, 5.74) is 1.31. The topological polar surface area (TPSA) is 55.6 Å². The molecule has 2 aromatic rings. The molecule has 1 aromatic heterocycles. The van der Waals surface area contributed by atoms with Crippen LogP contribution in [-0.4, -0.2) is 29.1 Å². The lowest BCUT2D eigenvalue weighted by Crippen LogP contribution is -2.36. The lowest BCUT2D eigenvalue weighted by Gasteiger charge is -2.25. The minimum atomic E-state index is -0.408. The van der Waals surface area contributed by atoms with Gasteiger partial charge < -0.3 is 14.2 Å². The third kappa shape index (κ3) is 3.52. The fourth-order valence-electron chi connectivity index (χ4n) is 2.61. The fourth-order valence-corrected chi connectivity index (χ4v) is 2.61. The number of nitrogens with zero attached hydrogens (tertiary/aromatic N) is 2. The zero-order valence-electron chi connectivity index (χ0n) is 13.0. The Morgan fingerprint density at radius 3 is 3.13 bits per heavy atom. The van der Waals surface area contributed by atoms with Crippen LogP contribution >= 0.6 is 0 Å². The number of aromatic nitrogens is 1. The van der Waals surface area contributed by atoms with E-state index in [2.05, 4.69) is 5.16 Å². The summed E-state index contributed by atoms with van der Waals surface area (Å²) in [5, 5.41) is 3.74. The molecule has 0 bridgehead atoms. The van der Waals surface area contributed by atoms with Gasteiger partial charge in [0.2, 0.25) is 5.91 Å². The van der Waals surface area contributed by atoms with Gasteiger partial charge in [0.05, 0.1) is 25.8 Å². The summed E-state index contributed by atoms with van der Waals surface area (Å²) in [6.07, 6.45) is 3.19. The van der Waals surface area contributed by atoms with Crippen LogP contribution in [-0.2, 0) is 24.2 Å². The molecule has 0 saturated heterocycles. The van der Waals surface area contributed by atoms with Crippen LogP contribution in [0.4, 0.5) is 4.39 Å². The molecule has 0 saturated carbocycles. The number of ether oxygens (including phenoxy) is 1. The molecule has 0 spiro atoms. The van der Waals surface area contributed by atoms with E-state index in [-0.39, 0.29) is 12.3 Å². The molecule has 23 heavy (non-hydrogen) atoms. The summed E-state index contributed by atoms with van der Waals surface area (Å²) in [4.78, 5) is 14.1. The van der Waals surface area contributed by atoms with Crippen molar-refractivity contribution in [3.63, 3.8) is 0 Å². The smallest absolute Gasteiger partial charge is 0.227 e. The summed E-state index contributed by atoms with van der Waals surface area (Å²) in [6.45, 7) is 3.58. The van der Waals surface area contributed by atoms with Gasteiger partial charge >= 0.3 is 0 Å². The normalized spacial score (nSPS) is 13.7. The van der Waals surface area contributed by atoms with Crippen molar-refractivity contribution in [3.8, 4) is 5.75 Å². The predicted molar refractivity (Wildman–Crippen MR) is 81.5 cm³/mol. The Bertz CT molecular complexity index is 699.